The van der Waals surface area contributed by atoms with Crippen molar-refractivity contribution < 1.29 is 4.79 Å². The largest absolute Gasteiger partial charge is 0.372 e. The number of rotatable bonds is 4. The Bertz CT molecular complexity index is 359. The van der Waals surface area contributed by atoms with Crippen molar-refractivity contribution in [3.8, 4) is 0 Å². The van der Waals surface area contributed by atoms with Gasteiger partial charge in [-0.1, -0.05) is 6.92 Å². The lowest BCUT2D eigenvalue weighted by Gasteiger charge is -2.23. The summed E-state index contributed by atoms with van der Waals surface area (Å²) in [5.41, 5.74) is 0.112. The smallest absolute Gasteiger partial charge is 0.272 e. The molecule has 0 aliphatic carbocycles. The van der Waals surface area contributed by atoms with E-state index >= 15 is 0 Å². The molecule has 0 saturated heterocycles. The molecular formula is C11H18N4O. The highest BCUT2D eigenvalue weighted by molar-refractivity contribution is 5.92. The van der Waals surface area contributed by atoms with Crippen LogP contribution >= 0.6 is 0 Å². The number of hydrogen-bond acceptors (Lipinski definition) is 4. The van der Waals surface area contributed by atoms with Crippen LogP contribution in [-0.2, 0) is 0 Å². The van der Waals surface area contributed by atoms with Crippen LogP contribution in [0.5, 0.6) is 0 Å². The monoisotopic (exact) mass is 222 g/mol. The third-order valence-corrected chi connectivity index (χ3v) is 2.49. The van der Waals surface area contributed by atoms with Crippen LogP contribution in [0.15, 0.2) is 12.1 Å². The third-order valence-electron chi connectivity index (χ3n) is 2.49. The molecule has 5 heteroatoms. The Morgan fingerprint density at radius 1 is 1.38 bits per heavy atom. The second-order valence-corrected chi connectivity index (χ2v) is 4.25. The van der Waals surface area contributed by atoms with Crippen molar-refractivity contribution in [1.29, 1.82) is 0 Å². The molecule has 0 aliphatic rings. The van der Waals surface area contributed by atoms with Crippen molar-refractivity contribution >= 4 is 11.7 Å². The predicted molar refractivity (Wildman–Crippen MR) is 63.4 cm³/mol. The maximum absolute atomic E-state index is 11.8. The number of carbonyl (C=O) groups excluding carboxylic acids is 1. The molecule has 2 N–H and O–H groups in total. The highest BCUT2D eigenvalue weighted by atomic mass is 16.2. The molecule has 0 aromatic carbocycles. The number of nitrogens with one attached hydrogen (secondary N) is 2. The summed E-state index contributed by atoms with van der Waals surface area (Å²) in [6, 6.07) is 3.38. The second kappa shape index (κ2) is 4.92. The van der Waals surface area contributed by atoms with Gasteiger partial charge < -0.3 is 10.6 Å². The van der Waals surface area contributed by atoms with Crippen LogP contribution in [0.4, 0.5) is 5.82 Å². The summed E-state index contributed by atoms with van der Waals surface area (Å²) >= 11 is 0. The Balaban J connectivity index is 2.73. The van der Waals surface area contributed by atoms with E-state index in [9.17, 15) is 4.79 Å². The average Bonchev–Trinajstić information content (AvgIpc) is 2.28. The Morgan fingerprint density at radius 2 is 2.06 bits per heavy atom. The molecule has 0 bridgehead atoms. The Kier molecular flexibility index (Phi) is 3.82. The molecule has 16 heavy (non-hydrogen) atoms. The summed E-state index contributed by atoms with van der Waals surface area (Å²) in [7, 11) is 1.75. The van der Waals surface area contributed by atoms with Gasteiger partial charge in [0.1, 0.15) is 5.82 Å². The average molecular weight is 222 g/mol. The molecule has 1 amide bonds. The van der Waals surface area contributed by atoms with Crippen LogP contribution in [0, 0.1) is 0 Å². The highest BCUT2D eigenvalue weighted by Crippen LogP contribution is 2.08. The van der Waals surface area contributed by atoms with E-state index < -0.39 is 0 Å². The number of nitrogens with zero attached hydrogens (tertiary/aromatic N) is 2. The first-order valence-electron chi connectivity index (χ1n) is 5.32. The van der Waals surface area contributed by atoms with Crippen LogP contribution in [0.2, 0.25) is 0 Å². The van der Waals surface area contributed by atoms with Crippen LogP contribution in [0.25, 0.3) is 0 Å². The first kappa shape index (κ1) is 12.4. The SMILES string of the molecule is CCC(C)(C)NC(=O)c1ccc(NC)nn1. The predicted octanol–water partition coefficient (Wildman–Crippen LogP) is 1.44. The van der Waals surface area contributed by atoms with Crippen LogP contribution in [-0.4, -0.2) is 28.7 Å². The van der Waals surface area contributed by atoms with Crippen molar-refractivity contribution in [2.75, 3.05) is 12.4 Å². The lowest BCUT2D eigenvalue weighted by atomic mass is 10.0. The molecule has 0 fully saturated rings. The molecule has 0 unspecified atom stereocenters. The molecule has 5 nitrogen and oxygen atoms in total. The highest BCUT2D eigenvalue weighted by Gasteiger charge is 2.19. The summed E-state index contributed by atoms with van der Waals surface area (Å²) in [5.74, 6) is 0.452. The fraction of sp³-hybridized carbons (Fsp3) is 0.545. The molecular weight excluding hydrogens is 204 g/mol. The minimum Gasteiger partial charge on any atom is -0.372 e. The summed E-state index contributed by atoms with van der Waals surface area (Å²) in [6.07, 6.45) is 0.862. The lowest BCUT2D eigenvalue weighted by Crippen LogP contribution is -2.43. The van der Waals surface area contributed by atoms with Gasteiger partial charge in [0, 0.05) is 12.6 Å². The Hall–Kier alpha value is -1.65. The number of hydrogen-bond donors (Lipinski definition) is 2. The Morgan fingerprint density at radius 3 is 2.50 bits per heavy atom. The minimum absolute atomic E-state index is 0.193. The zero-order valence-corrected chi connectivity index (χ0v) is 10.2. The van der Waals surface area contributed by atoms with Crippen molar-refractivity contribution in [2.24, 2.45) is 0 Å². The van der Waals surface area contributed by atoms with Gasteiger partial charge in [-0.05, 0) is 32.4 Å². The van der Waals surface area contributed by atoms with E-state index in [1.165, 1.54) is 0 Å². The number of amides is 1. The topological polar surface area (TPSA) is 66.9 Å². The fourth-order valence-corrected chi connectivity index (χ4v) is 1.05. The second-order valence-electron chi connectivity index (χ2n) is 4.25. The number of aromatic nitrogens is 2. The molecule has 0 aliphatic heterocycles. The van der Waals surface area contributed by atoms with E-state index in [0.717, 1.165) is 6.42 Å². The normalized spacial score (nSPS) is 11.0. The van der Waals surface area contributed by atoms with E-state index in [2.05, 4.69) is 20.8 Å². The standard InChI is InChI=1S/C11H18N4O/c1-5-11(2,3)13-10(16)8-6-7-9(12-4)15-14-8/h6-7H,5H2,1-4H3,(H,12,15)(H,13,16). The molecule has 0 atom stereocenters. The number of anilines is 1. The molecule has 88 valence electrons. The fourth-order valence-electron chi connectivity index (χ4n) is 1.05. The van der Waals surface area contributed by atoms with E-state index in [0.29, 0.717) is 11.5 Å². The molecule has 1 aromatic heterocycles. The van der Waals surface area contributed by atoms with Gasteiger partial charge in [0.25, 0.3) is 5.91 Å². The van der Waals surface area contributed by atoms with E-state index in [4.69, 9.17) is 0 Å². The first-order valence-corrected chi connectivity index (χ1v) is 5.32. The third kappa shape index (κ3) is 3.18. The molecule has 0 spiro atoms. The van der Waals surface area contributed by atoms with Crippen molar-refractivity contribution in [3.63, 3.8) is 0 Å². The zero-order chi connectivity index (χ0) is 12.2. The molecule has 1 rings (SSSR count). The van der Waals surface area contributed by atoms with Gasteiger partial charge in [0.2, 0.25) is 0 Å². The van der Waals surface area contributed by atoms with E-state index in [1.54, 1.807) is 19.2 Å². The van der Waals surface area contributed by atoms with Crippen molar-refractivity contribution in [2.45, 2.75) is 32.7 Å². The van der Waals surface area contributed by atoms with Gasteiger partial charge in [-0.2, -0.15) is 0 Å². The van der Waals surface area contributed by atoms with Crippen LogP contribution in [0.3, 0.4) is 0 Å². The Labute approximate surface area is 95.7 Å². The molecule has 0 radical (unpaired) electrons. The van der Waals surface area contributed by atoms with Gasteiger partial charge in [0.05, 0.1) is 0 Å². The lowest BCUT2D eigenvalue weighted by molar-refractivity contribution is 0.0905. The first-order chi connectivity index (χ1) is 7.48. The minimum atomic E-state index is -0.222. The van der Waals surface area contributed by atoms with Gasteiger partial charge in [0.15, 0.2) is 5.69 Å². The number of carbonyl (C=O) groups is 1. The summed E-state index contributed by atoms with van der Waals surface area (Å²) in [6.45, 7) is 5.97. The quantitative estimate of drug-likeness (QED) is 0.809. The maximum atomic E-state index is 11.8. The maximum Gasteiger partial charge on any atom is 0.272 e. The van der Waals surface area contributed by atoms with Crippen LogP contribution < -0.4 is 10.6 Å². The summed E-state index contributed by atoms with van der Waals surface area (Å²) in [5, 5.41) is 13.4. The van der Waals surface area contributed by atoms with Gasteiger partial charge in [-0.25, -0.2) is 0 Å². The molecule has 1 aromatic rings. The zero-order valence-electron chi connectivity index (χ0n) is 10.2. The van der Waals surface area contributed by atoms with Crippen molar-refractivity contribution in [3.05, 3.63) is 17.8 Å². The van der Waals surface area contributed by atoms with Gasteiger partial charge in [-0.15, -0.1) is 10.2 Å². The van der Waals surface area contributed by atoms with Crippen molar-refractivity contribution in [1.82, 2.24) is 15.5 Å². The van der Waals surface area contributed by atoms with Gasteiger partial charge >= 0.3 is 0 Å². The molecule has 1 heterocycles. The van der Waals surface area contributed by atoms with E-state index in [-0.39, 0.29) is 11.4 Å². The van der Waals surface area contributed by atoms with Gasteiger partial charge in [-0.3, -0.25) is 4.79 Å². The van der Waals surface area contributed by atoms with Crippen LogP contribution in [0.1, 0.15) is 37.7 Å². The molecule has 0 saturated carbocycles. The summed E-state index contributed by atoms with van der Waals surface area (Å²) in [4.78, 5) is 11.8. The summed E-state index contributed by atoms with van der Waals surface area (Å²) < 4.78 is 0. The van der Waals surface area contributed by atoms with E-state index in [1.807, 2.05) is 20.8 Å².